The highest BCUT2D eigenvalue weighted by Crippen LogP contribution is 2.41. The molecular weight excluding hydrogens is 561 g/mol. The van der Waals surface area contributed by atoms with Crippen LogP contribution in [0.25, 0.3) is 33.5 Å². The van der Waals surface area contributed by atoms with Crippen LogP contribution in [-0.4, -0.2) is 41.4 Å². The summed E-state index contributed by atoms with van der Waals surface area (Å²) in [4.78, 5) is 43.7. The molecule has 2 aromatic carbocycles. The van der Waals surface area contributed by atoms with Crippen LogP contribution in [0.5, 0.6) is 0 Å². The Morgan fingerprint density at radius 2 is 1.67 bits per heavy atom. The zero-order valence-corrected chi connectivity index (χ0v) is 24.0. The van der Waals surface area contributed by atoms with Crippen molar-refractivity contribution < 1.29 is 18.8 Å². The summed E-state index contributed by atoms with van der Waals surface area (Å²) in [7, 11) is 1.47. The second-order valence-electron chi connectivity index (χ2n) is 9.92. The van der Waals surface area contributed by atoms with Crippen LogP contribution < -0.4 is 10.6 Å². The third kappa shape index (κ3) is 5.87. The molecule has 10 heteroatoms. The van der Waals surface area contributed by atoms with E-state index in [0.29, 0.717) is 32.3 Å². The van der Waals surface area contributed by atoms with Gasteiger partial charge >= 0.3 is 0 Å². The molecule has 202 valence electrons. The van der Waals surface area contributed by atoms with Gasteiger partial charge in [0.1, 0.15) is 11.7 Å². The van der Waals surface area contributed by atoms with Gasteiger partial charge in [0.05, 0.1) is 17.0 Å². The van der Waals surface area contributed by atoms with E-state index < -0.39 is 23.1 Å². The quantitative estimate of drug-likeness (QED) is 0.131. The number of rotatable bonds is 8. The number of Topliss-reactive ketones (excluding diaryl/α,β-unsaturated/α-hetero) is 2. The molecule has 39 heavy (non-hydrogen) atoms. The van der Waals surface area contributed by atoms with Crippen LogP contribution in [0.1, 0.15) is 31.3 Å². The van der Waals surface area contributed by atoms with Crippen molar-refractivity contribution in [3.8, 4) is 22.4 Å². The van der Waals surface area contributed by atoms with Crippen molar-refractivity contribution in [1.29, 1.82) is 0 Å². The lowest BCUT2D eigenvalue weighted by Gasteiger charge is -2.17. The number of amides is 1. The molecule has 0 radical (unpaired) electrons. The maximum Gasteiger partial charge on any atom is 0.249 e. The van der Waals surface area contributed by atoms with E-state index >= 15 is 0 Å². The predicted octanol–water partition coefficient (Wildman–Crippen LogP) is 7.03. The number of pyridine rings is 1. The smallest absolute Gasteiger partial charge is 0.249 e. The van der Waals surface area contributed by atoms with E-state index in [1.807, 2.05) is 30.3 Å². The number of carbonyl (C=O) groups excluding carboxylic acids is 3. The molecule has 7 nitrogen and oxygen atoms in total. The molecule has 0 saturated heterocycles. The maximum absolute atomic E-state index is 13.5. The molecule has 1 atom stereocenters. The predicted molar refractivity (Wildman–Crippen MR) is 156 cm³/mol. The van der Waals surface area contributed by atoms with Crippen LogP contribution in [0.4, 0.5) is 5.69 Å². The average molecular weight is 587 g/mol. The van der Waals surface area contributed by atoms with E-state index in [0.717, 1.165) is 5.56 Å². The molecule has 2 aromatic heterocycles. The molecule has 1 amide bonds. The SMILES string of the molecule is CNC(C(=O)CCl)C(=O)Nc1c(C(=O)C(C)(C)C)oc2nc(-c3ccccc3Cl)c(-c3ccc(Cl)cc3)cc12. The van der Waals surface area contributed by atoms with Crippen molar-refractivity contribution in [3.63, 3.8) is 0 Å². The summed E-state index contributed by atoms with van der Waals surface area (Å²) in [5.74, 6) is -1.99. The van der Waals surface area contributed by atoms with Gasteiger partial charge in [0.25, 0.3) is 0 Å². The maximum atomic E-state index is 13.5. The number of carbonyl (C=O) groups is 3. The molecule has 0 aliphatic heterocycles. The fourth-order valence-corrected chi connectivity index (χ4v) is 4.57. The van der Waals surface area contributed by atoms with E-state index in [4.69, 9.17) is 44.2 Å². The van der Waals surface area contributed by atoms with Crippen LogP contribution in [0.15, 0.2) is 59.0 Å². The minimum Gasteiger partial charge on any atom is -0.432 e. The summed E-state index contributed by atoms with van der Waals surface area (Å²) >= 11 is 18.4. The second-order valence-corrected chi connectivity index (χ2v) is 11.0. The lowest BCUT2D eigenvalue weighted by molar-refractivity contribution is -0.126. The van der Waals surface area contributed by atoms with E-state index in [2.05, 4.69) is 10.6 Å². The van der Waals surface area contributed by atoms with Crippen molar-refractivity contribution in [2.75, 3.05) is 18.2 Å². The molecule has 0 aliphatic carbocycles. The number of ketones is 2. The number of likely N-dealkylation sites (N-methyl/N-ethyl adjacent to an activating group) is 1. The molecule has 2 N–H and O–H groups in total. The Morgan fingerprint density at radius 3 is 2.26 bits per heavy atom. The van der Waals surface area contributed by atoms with E-state index in [1.54, 1.807) is 45.0 Å². The number of anilines is 1. The van der Waals surface area contributed by atoms with Gasteiger partial charge in [-0.15, -0.1) is 11.6 Å². The molecule has 4 rings (SSSR count). The van der Waals surface area contributed by atoms with Crippen molar-refractivity contribution in [2.24, 2.45) is 5.41 Å². The van der Waals surface area contributed by atoms with Gasteiger partial charge in [0, 0.05) is 26.6 Å². The molecule has 4 aromatic rings. The Morgan fingerprint density at radius 1 is 1.00 bits per heavy atom. The van der Waals surface area contributed by atoms with Crippen LogP contribution in [0.3, 0.4) is 0 Å². The summed E-state index contributed by atoms with van der Waals surface area (Å²) in [5.41, 5.74) is 2.01. The number of halogens is 3. The molecular formula is C29H26Cl3N3O4. The molecule has 0 saturated carbocycles. The topological polar surface area (TPSA) is 101 Å². The third-order valence-corrected chi connectivity index (χ3v) is 6.95. The number of benzene rings is 2. The molecule has 2 heterocycles. The monoisotopic (exact) mass is 585 g/mol. The highest BCUT2D eigenvalue weighted by Gasteiger charge is 2.34. The highest BCUT2D eigenvalue weighted by atomic mass is 35.5. The second kappa shape index (κ2) is 11.5. The van der Waals surface area contributed by atoms with Gasteiger partial charge in [-0.3, -0.25) is 14.4 Å². The van der Waals surface area contributed by atoms with Crippen molar-refractivity contribution >= 4 is 69.1 Å². The van der Waals surface area contributed by atoms with Gasteiger partial charge in [0.15, 0.2) is 11.5 Å². The summed E-state index contributed by atoms with van der Waals surface area (Å²) in [6, 6.07) is 15.0. The first-order valence-electron chi connectivity index (χ1n) is 12.1. The minimum atomic E-state index is -1.23. The number of aromatic nitrogens is 1. The van der Waals surface area contributed by atoms with Crippen molar-refractivity contribution in [2.45, 2.75) is 26.8 Å². The molecule has 0 fully saturated rings. The zero-order chi connectivity index (χ0) is 28.5. The highest BCUT2D eigenvalue weighted by molar-refractivity contribution is 6.33. The third-order valence-electron chi connectivity index (χ3n) is 6.11. The lowest BCUT2D eigenvalue weighted by atomic mass is 9.88. The summed E-state index contributed by atoms with van der Waals surface area (Å²) < 4.78 is 6.03. The number of furan rings is 1. The molecule has 0 bridgehead atoms. The van der Waals surface area contributed by atoms with E-state index in [9.17, 15) is 14.4 Å². The number of nitrogens with one attached hydrogen (secondary N) is 2. The zero-order valence-electron chi connectivity index (χ0n) is 21.7. The largest absolute Gasteiger partial charge is 0.432 e. The van der Waals surface area contributed by atoms with Gasteiger partial charge in [-0.2, -0.15) is 0 Å². The molecule has 1 unspecified atom stereocenters. The number of alkyl halides is 1. The number of nitrogens with zero attached hydrogens (tertiary/aromatic N) is 1. The van der Waals surface area contributed by atoms with Gasteiger partial charge in [-0.05, 0) is 36.9 Å². The summed E-state index contributed by atoms with van der Waals surface area (Å²) in [6.07, 6.45) is 0. The van der Waals surface area contributed by atoms with Crippen LogP contribution in [0.2, 0.25) is 10.0 Å². The van der Waals surface area contributed by atoms with E-state index in [-0.39, 0.29) is 28.8 Å². The average Bonchev–Trinajstić information content (AvgIpc) is 3.24. The first kappa shape index (κ1) is 28.8. The number of hydrogen-bond donors (Lipinski definition) is 2. The van der Waals surface area contributed by atoms with Gasteiger partial charge in [0.2, 0.25) is 17.4 Å². The molecule has 0 aliphatic rings. The normalized spacial score (nSPS) is 12.4. The number of hydrogen-bond acceptors (Lipinski definition) is 6. The molecule has 0 spiro atoms. The Hall–Kier alpha value is -3.23. The lowest BCUT2D eigenvalue weighted by Crippen LogP contribution is -2.45. The number of fused-ring (bicyclic) bond motifs is 1. The summed E-state index contributed by atoms with van der Waals surface area (Å²) in [5, 5.41) is 6.81. The van der Waals surface area contributed by atoms with Crippen LogP contribution in [-0.2, 0) is 9.59 Å². The fraction of sp³-hybridized carbons (Fsp3) is 0.241. The van der Waals surface area contributed by atoms with Gasteiger partial charge in [-0.25, -0.2) is 4.98 Å². The van der Waals surface area contributed by atoms with E-state index in [1.165, 1.54) is 7.05 Å². The van der Waals surface area contributed by atoms with Crippen molar-refractivity contribution in [3.05, 3.63) is 70.4 Å². The summed E-state index contributed by atoms with van der Waals surface area (Å²) in [6.45, 7) is 5.22. The Balaban J connectivity index is 2.02. The van der Waals surface area contributed by atoms with Gasteiger partial charge < -0.3 is 15.1 Å². The van der Waals surface area contributed by atoms with Crippen LogP contribution in [0, 0.1) is 5.41 Å². The van der Waals surface area contributed by atoms with Crippen LogP contribution >= 0.6 is 34.8 Å². The Labute approximate surface area is 240 Å². The van der Waals surface area contributed by atoms with Crippen molar-refractivity contribution in [1.82, 2.24) is 10.3 Å². The standard InChI is InChI=1S/C29H26Cl3N3O4/c1-29(2,3)26(37)25-23(34-27(38)24(33-4)21(36)14-30)19-13-18(15-9-11-16(31)12-10-15)22(35-28(19)39-25)17-7-5-6-8-20(17)32/h5-13,24,33H,14H2,1-4H3,(H,34,38). The fourth-order valence-electron chi connectivity index (χ4n) is 4.07. The minimum absolute atomic E-state index is 0.0788. The van der Waals surface area contributed by atoms with Gasteiger partial charge in [-0.1, -0.05) is 74.3 Å². The first-order valence-corrected chi connectivity index (χ1v) is 13.3. The Kier molecular flexibility index (Phi) is 8.47. The Bertz CT molecular complexity index is 1570. The first-order chi connectivity index (χ1) is 18.5.